The van der Waals surface area contributed by atoms with Gasteiger partial charge in [0.15, 0.2) is 5.78 Å². The van der Waals surface area contributed by atoms with E-state index in [0.29, 0.717) is 5.56 Å². The highest BCUT2D eigenvalue weighted by atomic mass is 16.5. The zero-order chi connectivity index (χ0) is 13.5. The van der Waals surface area contributed by atoms with Crippen LogP contribution in [0.15, 0.2) is 24.3 Å². The lowest BCUT2D eigenvalue weighted by Gasteiger charge is -2.19. The summed E-state index contributed by atoms with van der Waals surface area (Å²) >= 11 is 0. The lowest BCUT2D eigenvalue weighted by Crippen LogP contribution is -2.42. The molecule has 1 aromatic carbocycles. The minimum Gasteiger partial charge on any atom is -0.497 e. The molecule has 0 amide bonds. The van der Waals surface area contributed by atoms with Gasteiger partial charge in [-0.05, 0) is 37.6 Å². The van der Waals surface area contributed by atoms with Gasteiger partial charge in [0.1, 0.15) is 5.75 Å². The maximum Gasteiger partial charge on any atom is 0.179 e. The monoisotopic (exact) mass is 251 g/mol. The van der Waals surface area contributed by atoms with Crippen LogP contribution in [0.5, 0.6) is 5.75 Å². The van der Waals surface area contributed by atoms with Gasteiger partial charge in [-0.3, -0.25) is 4.79 Å². The summed E-state index contributed by atoms with van der Waals surface area (Å²) in [4.78, 5) is 12.1. The molecule has 0 aliphatic carbocycles. The van der Waals surface area contributed by atoms with Crippen molar-refractivity contribution in [2.24, 2.45) is 0 Å². The molecule has 18 heavy (non-hydrogen) atoms. The third kappa shape index (κ3) is 3.82. The first-order valence-corrected chi connectivity index (χ1v) is 6.17. The molecule has 4 heteroatoms. The fourth-order valence-electron chi connectivity index (χ4n) is 1.73. The van der Waals surface area contributed by atoms with E-state index in [1.165, 1.54) is 0 Å². The summed E-state index contributed by atoms with van der Waals surface area (Å²) in [7, 11) is 1.59. The van der Waals surface area contributed by atoms with Crippen molar-refractivity contribution in [2.45, 2.75) is 32.4 Å². The first kappa shape index (κ1) is 14.7. The number of nitrogens with one attached hydrogen (secondary N) is 1. The van der Waals surface area contributed by atoms with E-state index in [-0.39, 0.29) is 24.5 Å². The highest BCUT2D eigenvalue weighted by Crippen LogP contribution is 2.13. The number of hydrogen-bond acceptors (Lipinski definition) is 4. The molecule has 0 aromatic heterocycles. The Kier molecular flexibility index (Phi) is 5.82. The van der Waals surface area contributed by atoms with Crippen LogP contribution in [0.4, 0.5) is 0 Å². The van der Waals surface area contributed by atoms with Gasteiger partial charge in [0.05, 0.1) is 19.8 Å². The van der Waals surface area contributed by atoms with Crippen molar-refractivity contribution in [1.29, 1.82) is 0 Å². The van der Waals surface area contributed by atoms with Gasteiger partial charge in [-0.2, -0.15) is 0 Å². The SMILES string of the molecule is CCC(CO)NC(C)C(=O)c1ccc(OC)cc1. The topological polar surface area (TPSA) is 58.6 Å². The van der Waals surface area contributed by atoms with E-state index in [1.807, 2.05) is 13.8 Å². The second kappa shape index (κ2) is 7.13. The molecule has 0 fully saturated rings. The Morgan fingerprint density at radius 1 is 1.39 bits per heavy atom. The summed E-state index contributed by atoms with van der Waals surface area (Å²) in [6.07, 6.45) is 0.788. The van der Waals surface area contributed by atoms with Gasteiger partial charge in [0.2, 0.25) is 0 Å². The largest absolute Gasteiger partial charge is 0.497 e. The molecule has 100 valence electrons. The minimum absolute atomic E-state index is 0.0181. The fourth-order valence-corrected chi connectivity index (χ4v) is 1.73. The molecule has 0 saturated heterocycles. The van der Waals surface area contributed by atoms with E-state index < -0.39 is 0 Å². The number of rotatable bonds is 7. The Bertz CT molecular complexity index is 371. The van der Waals surface area contributed by atoms with Gasteiger partial charge in [0.25, 0.3) is 0 Å². The van der Waals surface area contributed by atoms with E-state index in [1.54, 1.807) is 31.4 Å². The Morgan fingerprint density at radius 2 is 2.00 bits per heavy atom. The van der Waals surface area contributed by atoms with Crippen LogP contribution < -0.4 is 10.1 Å². The van der Waals surface area contributed by atoms with Crippen molar-refractivity contribution in [3.63, 3.8) is 0 Å². The molecule has 2 N–H and O–H groups in total. The predicted octanol–water partition coefficient (Wildman–Crippen LogP) is 1.63. The first-order chi connectivity index (χ1) is 8.62. The maximum absolute atomic E-state index is 12.1. The Morgan fingerprint density at radius 3 is 2.44 bits per heavy atom. The molecule has 2 atom stereocenters. The van der Waals surface area contributed by atoms with Crippen LogP contribution in [0.2, 0.25) is 0 Å². The first-order valence-electron chi connectivity index (χ1n) is 6.17. The van der Waals surface area contributed by atoms with Gasteiger partial charge in [-0.1, -0.05) is 6.92 Å². The highest BCUT2D eigenvalue weighted by Gasteiger charge is 2.17. The third-order valence-electron chi connectivity index (χ3n) is 2.97. The summed E-state index contributed by atoms with van der Waals surface area (Å²) < 4.78 is 5.05. The molecule has 0 aliphatic rings. The van der Waals surface area contributed by atoms with Crippen molar-refractivity contribution >= 4 is 5.78 Å². The molecule has 0 radical (unpaired) electrons. The minimum atomic E-state index is -0.310. The van der Waals surface area contributed by atoms with Crippen LogP contribution in [-0.2, 0) is 0 Å². The van der Waals surface area contributed by atoms with E-state index in [2.05, 4.69) is 5.32 Å². The predicted molar refractivity (Wildman–Crippen MR) is 71.1 cm³/mol. The number of carbonyl (C=O) groups is 1. The van der Waals surface area contributed by atoms with Crippen LogP contribution >= 0.6 is 0 Å². The second-order valence-corrected chi connectivity index (χ2v) is 4.27. The average molecular weight is 251 g/mol. The number of methoxy groups -OCH3 is 1. The van der Waals surface area contributed by atoms with Crippen molar-refractivity contribution in [2.75, 3.05) is 13.7 Å². The summed E-state index contributed by atoms with van der Waals surface area (Å²) in [5.41, 5.74) is 0.642. The van der Waals surface area contributed by atoms with Crippen LogP contribution in [0.1, 0.15) is 30.6 Å². The van der Waals surface area contributed by atoms with Gasteiger partial charge >= 0.3 is 0 Å². The van der Waals surface area contributed by atoms with Crippen LogP contribution in [0.25, 0.3) is 0 Å². The smallest absolute Gasteiger partial charge is 0.179 e. The molecule has 0 saturated carbocycles. The second-order valence-electron chi connectivity index (χ2n) is 4.27. The Balaban J connectivity index is 2.67. The standard InChI is InChI=1S/C14H21NO3/c1-4-12(9-16)15-10(2)14(17)11-5-7-13(18-3)8-6-11/h5-8,10,12,15-16H,4,9H2,1-3H3. The van der Waals surface area contributed by atoms with Crippen molar-refractivity contribution in [3.8, 4) is 5.75 Å². The molecule has 0 spiro atoms. The molecular weight excluding hydrogens is 230 g/mol. The molecule has 1 rings (SSSR count). The number of aliphatic hydroxyl groups is 1. The number of carbonyl (C=O) groups excluding carboxylic acids is 1. The Hall–Kier alpha value is -1.39. The Labute approximate surface area is 108 Å². The fraction of sp³-hybridized carbons (Fsp3) is 0.500. The zero-order valence-electron chi connectivity index (χ0n) is 11.1. The van der Waals surface area contributed by atoms with Gasteiger partial charge in [-0.25, -0.2) is 0 Å². The number of aliphatic hydroxyl groups excluding tert-OH is 1. The molecule has 2 unspecified atom stereocenters. The van der Waals surface area contributed by atoms with Crippen LogP contribution in [0, 0.1) is 0 Å². The lowest BCUT2D eigenvalue weighted by atomic mass is 10.0. The quantitative estimate of drug-likeness (QED) is 0.723. The normalized spacial score (nSPS) is 14.0. The van der Waals surface area contributed by atoms with Crippen molar-refractivity contribution in [1.82, 2.24) is 5.32 Å². The van der Waals surface area contributed by atoms with Crippen LogP contribution in [-0.4, -0.2) is 36.7 Å². The number of benzene rings is 1. The van der Waals surface area contributed by atoms with Gasteiger partial charge in [-0.15, -0.1) is 0 Å². The van der Waals surface area contributed by atoms with E-state index in [4.69, 9.17) is 9.84 Å². The number of Topliss-reactive ketones (excluding diaryl/α,β-unsaturated/α-hetero) is 1. The summed E-state index contributed by atoms with van der Waals surface area (Å²) in [5.74, 6) is 0.749. The molecule has 0 heterocycles. The van der Waals surface area contributed by atoms with E-state index in [9.17, 15) is 4.79 Å². The number of ether oxygens (including phenoxy) is 1. The molecule has 4 nitrogen and oxygen atoms in total. The molecule has 0 bridgehead atoms. The highest BCUT2D eigenvalue weighted by molar-refractivity contribution is 5.99. The summed E-state index contributed by atoms with van der Waals surface area (Å²) in [6.45, 7) is 3.82. The van der Waals surface area contributed by atoms with Crippen molar-refractivity contribution in [3.05, 3.63) is 29.8 Å². The molecular formula is C14H21NO3. The van der Waals surface area contributed by atoms with E-state index in [0.717, 1.165) is 12.2 Å². The van der Waals surface area contributed by atoms with Crippen LogP contribution in [0.3, 0.4) is 0 Å². The third-order valence-corrected chi connectivity index (χ3v) is 2.97. The molecule has 0 aliphatic heterocycles. The summed E-state index contributed by atoms with van der Waals surface area (Å²) in [6, 6.07) is 6.68. The lowest BCUT2D eigenvalue weighted by molar-refractivity contribution is 0.0936. The zero-order valence-corrected chi connectivity index (χ0v) is 11.1. The maximum atomic E-state index is 12.1. The van der Waals surface area contributed by atoms with Crippen molar-refractivity contribution < 1.29 is 14.6 Å². The van der Waals surface area contributed by atoms with E-state index >= 15 is 0 Å². The van der Waals surface area contributed by atoms with Gasteiger partial charge in [0, 0.05) is 11.6 Å². The van der Waals surface area contributed by atoms with Gasteiger partial charge < -0.3 is 15.2 Å². The molecule has 1 aromatic rings. The average Bonchev–Trinajstić information content (AvgIpc) is 2.43. The summed E-state index contributed by atoms with van der Waals surface area (Å²) in [5, 5.41) is 12.2. The number of ketones is 1. The number of hydrogen-bond donors (Lipinski definition) is 2.